The van der Waals surface area contributed by atoms with Gasteiger partial charge in [-0.25, -0.2) is 9.97 Å². The fraction of sp³-hybridized carbons (Fsp3) is 0.125. The SMILES string of the molecule is CCc1cccc2ccc(-c3ccc(F)nc3)nc12. The Morgan fingerprint density at radius 1 is 1.05 bits per heavy atom. The lowest BCUT2D eigenvalue weighted by Crippen LogP contribution is -1.91. The number of hydrogen-bond acceptors (Lipinski definition) is 2. The highest BCUT2D eigenvalue weighted by Crippen LogP contribution is 2.23. The third kappa shape index (κ3) is 2.19. The zero-order chi connectivity index (χ0) is 13.2. The van der Waals surface area contributed by atoms with Crippen LogP contribution in [0.1, 0.15) is 12.5 Å². The average molecular weight is 252 g/mol. The molecule has 0 fully saturated rings. The van der Waals surface area contributed by atoms with Gasteiger partial charge in [-0.15, -0.1) is 0 Å². The summed E-state index contributed by atoms with van der Waals surface area (Å²) >= 11 is 0. The molecular formula is C16H13FN2. The van der Waals surface area contributed by atoms with E-state index in [1.165, 1.54) is 17.8 Å². The molecule has 0 saturated carbocycles. The highest BCUT2D eigenvalue weighted by Gasteiger charge is 2.05. The van der Waals surface area contributed by atoms with E-state index in [2.05, 4.69) is 23.0 Å². The molecule has 94 valence electrons. The second kappa shape index (κ2) is 4.76. The molecule has 0 saturated heterocycles. The first-order valence-electron chi connectivity index (χ1n) is 6.28. The molecule has 3 rings (SSSR count). The van der Waals surface area contributed by atoms with E-state index in [4.69, 9.17) is 0 Å². The number of halogens is 1. The van der Waals surface area contributed by atoms with Crippen LogP contribution in [0.15, 0.2) is 48.7 Å². The Bertz CT molecular complexity index is 720. The van der Waals surface area contributed by atoms with Gasteiger partial charge in [-0.05, 0) is 30.2 Å². The van der Waals surface area contributed by atoms with Gasteiger partial charge in [0.15, 0.2) is 0 Å². The van der Waals surface area contributed by atoms with Crippen molar-refractivity contribution in [1.82, 2.24) is 9.97 Å². The van der Waals surface area contributed by atoms with Gasteiger partial charge in [-0.3, -0.25) is 0 Å². The molecule has 0 N–H and O–H groups in total. The van der Waals surface area contributed by atoms with E-state index in [1.807, 2.05) is 24.3 Å². The van der Waals surface area contributed by atoms with Crippen molar-refractivity contribution in [2.75, 3.05) is 0 Å². The smallest absolute Gasteiger partial charge is 0.212 e. The highest BCUT2D eigenvalue weighted by molar-refractivity contribution is 5.84. The Balaban J connectivity index is 2.18. The van der Waals surface area contributed by atoms with Crippen molar-refractivity contribution in [1.29, 1.82) is 0 Å². The van der Waals surface area contributed by atoms with Crippen LogP contribution in [0.4, 0.5) is 4.39 Å². The summed E-state index contributed by atoms with van der Waals surface area (Å²) in [6.07, 6.45) is 2.45. The van der Waals surface area contributed by atoms with Crippen molar-refractivity contribution in [3.8, 4) is 11.3 Å². The van der Waals surface area contributed by atoms with Gasteiger partial charge in [0.2, 0.25) is 5.95 Å². The highest BCUT2D eigenvalue weighted by atomic mass is 19.1. The fourth-order valence-corrected chi connectivity index (χ4v) is 2.18. The minimum Gasteiger partial charge on any atom is -0.247 e. The van der Waals surface area contributed by atoms with E-state index in [0.717, 1.165) is 28.6 Å². The lowest BCUT2D eigenvalue weighted by Gasteiger charge is -2.06. The van der Waals surface area contributed by atoms with Crippen LogP contribution in [0.5, 0.6) is 0 Å². The fourth-order valence-electron chi connectivity index (χ4n) is 2.18. The van der Waals surface area contributed by atoms with Crippen LogP contribution in [0.2, 0.25) is 0 Å². The minimum absolute atomic E-state index is 0.473. The van der Waals surface area contributed by atoms with E-state index in [-0.39, 0.29) is 0 Å². The summed E-state index contributed by atoms with van der Waals surface area (Å²) in [5.74, 6) is -0.473. The standard InChI is InChI=1S/C16H13FN2/c1-2-11-4-3-5-12-6-8-14(19-16(11)12)13-7-9-15(17)18-10-13/h3-10H,2H2,1H3. The minimum atomic E-state index is -0.473. The molecule has 1 aromatic carbocycles. The number of pyridine rings is 2. The molecule has 19 heavy (non-hydrogen) atoms. The molecule has 0 amide bonds. The van der Waals surface area contributed by atoms with Gasteiger partial charge in [0.05, 0.1) is 11.2 Å². The number of aryl methyl sites for hydroxylation is 1. The number of rotatable bonds is 2. The van der Waals surface area contributed by atoms with E-state index in [1.54, 1.807) is 6.07 Å². The predicted molar refractivity (Wildman–Crippen MR) is 74.3 cm³/mol. The van der Waals surface area contributed by atoms with Crippen molar-refractivity contribution in [3.63, 3.8) is 0 Å². The largest absolute Gasteiger partial charge is 0.247 e. The Labute approximate surface area is 111 Å². The maximum Gasteiger partial charge on any atom is 0.212 e. The third-order valence-corrected chi connectivity index (χ3v) is 3.21. The van der Waals surface area contributed by atoms with Gasteiger partial charge in [0, 0.05) is 17.1 Å². The number of benzene rings is 1. The summed E-state index contributed by atoms with van der Waals surface area (Å²) in [5.41, 5.74) is 3.87. The van der Waals surface area contributed by atoms with Crippen molar-refractivity contribution in [3.05, 3.63) is 60.2 Å². The molecule has 2 nitrogen and oxygen atoms in total. The Hall–Kier alpha value is -2.29. The van der Waals surface area contributed by atoms with Crippen LogP contribution < -0.4 is 0 Å². The van der Waals surface area contributed by atoms with Crippen LogP contribution in [0, 0.1) is 5.95 Å². The summed E-state index contributed by atoms with van der Waals surface area (Å²) in [6.45, 7) is 2.11. The summed E-state index contributed by atoms with van der Waals surface area (Å²) in [6, 6.07) is 13.2. The van der Waals surface area contributed by atoms with Gasteiger partial charge < -0.3 is 0 Å². The molecule has 0 unspecified atom stereocenters. The second-order valence-electron chi connectivity index (χ2n) is 4.41. The average Bonchev–Trinajstić information content (AvgIpc) is 2.47. The lowest BCUT2D eigenvalue weighted by molar-refractivity contribution is 0.584. The van der Waals surface area contributed by atoms with Gasteiger partial charge in [0.25, 0.3) is 0 Å². The van der Waals surface area contributed by atoms with E-state index in [9.17, 15) is 4.39 Å². The molecule has 2 heterocycles. The van der Waals surface area contributed by atoms with Crippen LogP contribution in [0.3, 0.4) is 0 Å². The molecule has 0 atom stereocenters. The van der Waals surface area contributed by atoms with E-state index in [0.29, 0.717) is 0 Å². The predicted octanol–water partition coefficient (Wildman–Crippen LogP) is 4.00. The maximum absolute atomic E-state index is 12.8. The molecule has 0 spiro atoms. The lowest BCUT2D eigenvalue weighted by atomic mass is 10.1. The Morgan fingerprint density at radius 3 is 2.68 bits per heavy atom. The summed E-state index contributed by atoms with van der Waals surface area (Å²) < 4.78 is 12.8. The van der Waals surface area contributed by atoms with Crippen molar-refractivity contribution < 1.29 is 4.39 Å². The van der Waals surface area contributed by atoms with E-state index >= 15 is 0 Å². The number of nitrogens with zero attached hydrogens (tertiary/aromatic N) is 2. The molecule has 2 aromatic heterocycles. The normalized spacial score (nSPS) is 10.8. The number of fused-ring (bicyclic) bond motifs is 1. The molecule has 0 aliphatic carbocycles. The van der Waals surface area contributed by atoms with Crippen LogP contribution in [0.25, 0.3) is 22.2 Å². The quantitative estimate of drug-likeness (QED) is 0.644. The summed E-state index contributed by atoms with van der Waals surface area (Å²) in [4.78, 5) is 8.35. The maximum atomic E-state index is 12.8. The summed E-state index contributed by atoms with van der Waals surface area (Å²) in [7, 11) is 0. The Kier molecular flexibility index (Phi) is 2.95. The van der Waals surface area contributed by atoms with Crippen molar-refractivity contribution >= 4 is 10.9 Å². The molecule has 0 radical (unpaired) electrons. The number of aromatic nitrogens is 2. The topological polar surface area (TPSA) is 25.8 Å². The van der Waals surface area contributed by atoms with Crippen LogP contribution >= 0.6 is 0 Å². The third-order valence-electron chi connectivity index (χ3n) is 3.21. The van der Waals surface area contributed by atoms with Crippen LogP contribution in [-0.2, 0) is 6.42 Å². The first-order valence-corrected chi connectivity index (χ1v) is 6.28. The summed E-state index contributed by atoms with van der Waals surface area (Å²) in [5, 5.41) is 1.12. The van der Waals surface area contributed by atoms with Gasteiger partial charge in [0.1, 0.15) is 0 Å². The zero-order valence-electron chi connectivity index (χ0n) is 10.6. The first kappa shape index (κ1) is 11.8. The molecule has 3 heteroatoms. The van der Waals surface area contributed by atoms with Gasteiger partial charge >= 0.3 is 0 Å². The van der Waals surface area contributed by atoms with Crippen LogP contribution in [-0.4, -0.2) is 9.97 Å². The second-order valence-corrected chi connectivity index (χ2v) is 4.41. The molecule has 0 bridgehead atoms. The monoisotopic (exact) mass is 252 g/mol. The van der Waals surface area contributed by atoms with Crippen molar-refractivity contribution in [2.45, 2.75) is 13.3 Å². The Morgan fingerprint density at radius 2 is 1.95 bits per heavy atom. The zero-order valence-corrected chi connectivity index (χ0v) is 10.6. The van der Waals surface area contributed by atoms with E-state index < -0.39 is 5.95 Å². The molecule has 0 aliphatic rings. The number of para-hydroxylation sites is 1. The number of hydrogen-bond donors (Lipinski definition) is 0. The first-order chi connectivity index (χ1) is 9.28. The molecular weight excluding hydrogens is 239 g/mol. The molecule has 3 aromatic rings. The van der Waals surface area contributed by atoms with Gasteiger partial charge in [-0.1, -0.05) is 31.2 Å². The van der Waals surface area contributed by atoms with Gasteiger partial charge in [-0.2, -0.15) is 4.39 Å². The molecule has 0 aliphatic heterocycles. The van der Waals surface area contributed by atoms with Crippen molar-refractivity contribution in [2.24, 2.45) is 0 Å².